The third-order valence-electron chi connectivity index (χ3n) is 14.7. The van der Waals surface area contributed by atoms with Gasteiger partial charge in [-0.25, -0.2) is 14.8 Å². The molecule has 0 radical (unpaired) electrons. The minimum absolute atomic E-state index is 0.0876. The van der Waals surface area contributed by atoms with Crippen LogP contribution in [0, 0.1) is 17.8 Å². The highest BCUT2D eigenvalue weighted by atomic mass is 35.5. The van der Waals surface area contributed by atoms with Crippen molar-refractivity contribution in [3.63, 3.8) is 0 Å². The van der Waals surface area contributed by atoms with Crippen LogP contribution in [0.4, 0.5) is 11.5 Å². The van der Waals surface area contributed by atoms with E-state index in [1.165, 1.54) is 16.7 Å². The lowest BCUT2D eigenvalue weighted by molar-refractivity contribution is -0.144. The van der Waals surface area contributed by atoms with Gasteiger partial charge in [0.1, 0.15) is 22.9 Å². The van der Waals surface area contributed by atoms with Crippen LogP contribution in [0.1, 0.15) is 104 Å². The summed E-state index contributed by atoms with van der Waals surface area (Å²) in [6.07, 6.45) is 11.9. The molecule has 3 aliphatic carbocycles. The van der Waals surface area contributed by atoms with Crippen molar-refractivity contribution in [2.45, 2.75) is 94.9 Å². The first-order valence-electron chi connectivity index (χ1n) is 23.0. The average Bonchev–Trinajstić information content (AvgIpc) is 3.90. The molecule has 1 saturated carbocycles. The topological polar surface area (TPSA) is 139 Å². The van der Waals surface area contributed by atoms with Gasteiger partial charge in [0.2, 0.25) is 0 Å². The number of halogens is 1. The molecular weight excluding hydrogens is 824 g/mol. The summed E-state index contributed by atoms with van der Waals surface area (Å²) in [6, 6.07) is 25.2. The third-order valence-corrected chi connectivity index (χ3v) is 14.9. The molecule has 64 heavy (non-hydrogen) atoms. The number of nitrogens with one attached hydrogen (secondary N) is 2. The van der Waals surface area contributed by atoms with Gasteiger partial charge in [0.05, 0.1) is 19.3 Å². The van der Waals surface area contributed by atoms with Crippen molar-refractivity contribution < 1.29 is 24.2 Å². The number of aliphatic carboxylic acids is 1. The fourth-order valence-electron chi connectivity index (χ4n) is 11.3. The Morgan fingerprint density at radius 1 is 0.969 bits per heavy atom. The summed E-state index contributed by atoms with van der Waals surface area (Å²) in [6.45, 7) is 7.30. The first-order chi connectivity index (χ1) is 31.0. The van der Waals surface area contributed by atoms with E-state index >= 15 is 0 Å². The second-order valence-electron chi connectivity index (χ2n) is 18.8. The van der Waals surface area contributed by atoms with Crippen LogP contribution < -0.4 is 25.0 Å². The molecule has 12 heteroatoms. The number of hydrogen-bond acceptors (Lipinski definition) is 9. The van der Waals surface area contributed by atoms with Crippen LogP contribution >= 0.6 is 11.6 Å². The minimum Gasteiger partial charge on any atom is -0.496 e. The van der Waals surface area contributed by atoms with E-state index in [0.717, 1.165) is 80.2 Å². The second-order valence-corrected chi connectivity index (χ2v) is 19.3. The Kier molecular flexibility index (Phi) is 12.5. The number of carboxylic acid groups (broad SMARTS) is 1. The maximum Gasteiger partial charge on any atom is 0.329 e. The molecule has 2 fully saturated rings. The fraction of sp³-hybridized carbons (Fsp3) is 0.442. The second kappa shape index (κ2) is 18.4. The van der Waals surface area contributed by atoms with Crippen molar-refractivity contribution in [3.05, 3.63) is 124 Å². The van der Waals surface area contributed by atoms with E-state index in [1.807, 2.05) is 60.8 Å². The van der Waals surface area contributed by atoms with Gasteiger partial charge in [0, 0.05) is 59.6 Å². The maximum atomic E-state index is 14.0. The maximum absolute atomic E-state index is 14.0. The number of amides is 1. The third kappa shape index (κ3) is 8.75. The van der Waals surface area contributed by atoms with Gasteiger partial charge in [-0.05, 0) is 159 Å². The van der Waals surface area contributed by atoms with E-state index in [9.17, 15) is 14.7 Å². The number of methoxy groups -OCH3 is 1. The first kappa shape index (κ1) is 43.6. The molecule has 1 spiro atoms. The lowest BCUT2D eigenvalue weighted by Crippen LogP contribution is -2.53. The number of aromatic nitrogens is 3. The number of nitrogens with zero attached hydrogens (tertiary/aromatic N) is 4. The number of rotatable bonds is 14. The summed E-state index contributed by atoms with van der Waals surface area (Å²) in [4.78, 5) is 43.6. The molecule has 2 aromatic heterocycles. The van der Waals surface area contributed by atoms with Crippen LogP contribution in [0.5, 0.6) is 11.5 Å². The van der Waals surface area contributed by atoms with Gasteiger partial charge in [-0.1, -0.05) is 49.7 Å². The van der Waals surface area contributed by atoms with Crippen molar-refractivity contribution in [2.24, 2.45) is 17.8 Å². The number of aryl methyl sites for hydroxylation is 1. The number of carboxylic acids is 1. The predicted octanol–water partition coefficient (Wildman–Crippen LogP) is 9.92. The normalized spacial score (nSPS) is 24.1. The predicted molar refractivity (Wildman–Crippen MR) is 251 cm³/mol. The zero-order chi connectivity index (χ0) is 44.4. The van der Waals surface area contributed by atoms with Crippen molar-refractivity contribution in [3.8, 4) is 22.9 Å². The summed E-state index contributed by atoms with van der Waals surface area (Å²) in [7, 11) is 1.65. The largest absolute Gasteiger partial charge is 0.496 e. The zero-order valence-electron chi connectivity index (χ0n) is 37.1. The molecule has 3 N–H and O–H groups in total. The number of carbonyl (C=O) groups excluding carboxylic acids is 1. The van der Waals surface area contributed by atoms with Crippen LogP contribution in [-0.4, -0.2) is 70.8 Å². The molecule has 3 heterocycles. The summed E-state index contributed by atoms with van der Waals surface area (Å²) < 4.78 is 12.2. The Bertz CT molecular complexity index is 2510. The first-order valence-corrected chi connectivity index (χ1v) is 23.4. The highest BCUT2D eigenvalue weighted by Crippen LogP contribution is 2.56. The van der Waals surface area contributed by atoms with Gasteiger partial charge >= 0.3 is 5.97 Å². The lowest BCUT2D eigenvalue weighted by atomic mass is 9.59. The van der Waals surface area contributed by atoms with Gasteiger partial charge in [0.25, 0.3) is 5.91 Å². The Labute approximate surface area is 381 Å². The Hall–Kier alpha value is -5.68. The number of ether oxygens (including phenoxy) is 2. The van der Waals surface area contributed by atoms with Gasteiger partial charge < -0.3 is 30.1 Å². The smallest absolute Gasteiger partial charge is 0.329 e. The number of pyridine rings is 1. The number of para-hydroxylation sites is 1. The SMILES string of the molecule is COc1ccccc1-c1nccc(N2CC[C@H](CNC(=O)c3ccc4c(c3)C3(CCC(Nc5cccc(Cl)c5)(C(=O)O)CC3)[C@@H](C[C@@H](C)COc3ccnc5c3[C@H](C)CCC5)C4)C2)n1. The van der Waals surface area contributed by atoms with Crippen LogP contribution in [-0.2, 0) is 23.1 Å². The Morgan fingerprint density at radius 2 is 1.80 bits per heavy atom. The highest BCUT2D eigenvalue weighted by molar-refractivity contribution is 6.30. The highest BCUT2D eigenvalue weighted by Gasteiger charge is 2.54. The van der Waals surface area contributed by atoms with E-state index < -0.39 is 11.5 Å². The van der Waals surface area contributed by atoms with Crippen LogP contribution in [0.3, 0.4) is 0 Å². The van der Waals surface area contributed by atoms with Gasteiger partial charge in [-0.15, -0.1) is 0 Å². The molecule has 4 aliphatic rings. The number of benzene rings is 3. The zero-order valence-corrected chi connectivity index (χ0v) is 37.9. The average molecular weight is 884 g/mol. The van der Waals surface area contributed by atoms with E-state index in [4.69, 9.17) is 26.1 Å². The number of fused-ring (bicyclic) bond motifs is 3. The van der Waals surface area contributed by atoms with Crippen molar-refractivity contribution in [1.82, 2.24) is 20.3 Å². The van der Waals surface area contributed by atoms with E-state index in [0.29, 0.717) is 66.9 Å². The molecule has 11 nitrogen and oxygen atoms in total. The monoisotopic (exact) mass is 882 g/mol. The fourth-order valence-corrected chi connectivity index (χ4v) is 11.5. The van der Waals surface area contributed by atoms with Crippen LogP contribution in [0.25, 0.3) is 11.4 Å². The standard InChI is InChI=1S/C52H59ClN6O5/c1-33(32-64-45-16-23-54-43-12-6-8-34(2)47(43)45)26-38-27-36-14-15-37(28-42(36)51(38)19-21-52(22-20-51,50(61)62)58-40-10-7-9-39(53)29-40)49(60)56-30-35-18-25-59(31-35)46-17-24-55-48(57-46)41-11-4-5-13-44(41)63-3/h4-5,7,9-11,13-17,23-24,28-29,33-35,38,58H,6,8,12,18-22,25-27,30-32H2,1-3H3,(H,56,60)(H,61,62)/t33-,34-,35-,38+,51?,52?/m1/s1. The summed E-state index contributed by atoms with van der Waals surface area (Å²) in [5.74, 6) is 3.41. The van der Waals surface area contributed by atoms with Crippen molar-refractivity contribution in [2.75, 3.05) is 43.6 Å². The van der Waals surface area contributed by atoms with Gasteiger partial charge in [-0.2, -0.15) is 0 Å². The van der Waals surface area contributed by atoms with Gasteiger partial charge in [-0.3, -0.25) is 9.78 Å². The van der Waals surface area contributed by atoms with Crippen molar-refractivity contribution in [1.29, 1.82) is 0 Å². The number of carbonyl (C=O) groups is 2. The Morgan fingerprint density at radius 3 is 2.61 bits per heavy atom. The van der Waals surface area contributed by atoms with E-state index in [-0.39, 0.29) is 29.1 Å². The molecule has 1 amide bonds. The molecule has 1 saturated heterocycles. The van der Waals surface area contributed by atoms with Gasteiger partial charge in [0.15, 0.2) is 5.82 Å². The summed E-state index contributed by atoms with van der Waals surface area (Å²) in [5.41, 5.74) is 5.63. The van der Waals surface area contributed by atoms with E-state index in [2.05, 4.69) is 51.5 Å². The molecular formula is C52H59ClN6O5. The number of anilines is 2. The molecule has 5 aromatic rings. The Balaban J connectivity index is 0.907. The minimum atomic E-state index is -1.14. The molecule has 9 rings (SSSR count). The quantitative estimate of drug-likeness (QED) is 0.0988. The summed E-state index contributed by atoms with van der Waals surface area (Å²) in [5, 5.41) is 18.0. The van der Waals surface area contributed by atoms with Crippen molar-refractivity contribution >= 4 is 35.0 Å². The lowest BCUT2D eigenvalue weighted by Gasteiger charge is -2.47. The molecule has 3 aromatic carbocycles. The molecule has 0 bridgehead atoms. The number of hydrogen-bond donors (Lipinski definition) is 3. The van der Waals surface area contributed by atoms with Crippen LogP contribution in [0.2, 0.25) is 5.02 Å². The molecule has 0 unspecified atom stereocenters. The summed E-state index contributed by atoms with van der Waals surface area (Å²) >= 11 is 6.34. The molecule has 334 valence electrons. The molecule has 4 atom stereocenters. The molecule has 1 aliphatic heterocycles. The van der Waals surface area contributed by atoms with Crippen LogP contribution in [0.15, 0.2) is 91.3 Å². The van der Waals surface area contributed by atoms with E-state index in [1.54, 1.807) is 25.4 Å².